The molecule has 0 aliphatic carbocycles. The molecule has 1 aromatic carbocycles. The average molecular weight is 337 g/mol. The number of carbonyl (C=O) groups excluding carboxylic acids is 3. The van der Waals surface area contributed by atoms with Crippen molar-refractivity contribution in [3.63, 3.8) is 0 Å². The summed E-state index contributed by atoms with van der Waals surface area (Å²) in [6, 6.07) is 3.95. The summed E-state index contributed by atoms with van der Waals surface area (Å²) in [7, 11) is 0. The zero-order valence-electron chi connectivity index (χ0n) is 14.1. The fourth-order valence-corrected chi connectivity index (χ4v) is 2.29. The first-order valence-corrected chi connectivity index (χ1v) is 7.85. The van der Waals surface area contributed by atoms with Crippen molar-refractivity contribution in [1.29, 1.82) is 0 Å². The van der Waals surface area contributed by atoms with Crippen LogP contribution in [0, 0.1) is 11.7 Å². The van der Waals surface area contributed by atoms with Gasteiger partial charge in [0.2, 0.25) is 17.7 Å². The third-order valence-electron chi connectivity index (χ3n) is 3.86. The average Bonchev–Trinajstić information content (AvgIpc) is 2.52. The normalized spacial score (nSPS) is 14.3. The first kappa shape index (κ1) is 19.6. The Labute approximate surface area is 141 Å². The van der Waals surface area contributed by atoms with Gasteiger partial charge in [-0.3, -0.25) is 14.4 Å². The molecule has 0 unspecified atom stereocenters. The Balaban J connectivity index is 2.89. The molecule has 0 aromatic heterocycles. The summed E-state index contributed by atoms with van der Waals surface area (Å²) in [5, 5.41) is 5.15. The number of hydrogen-bond donors (Lipinski definition) is 3. The van der Waals surface area contributed by atoms with Crippen molar-refractivity contribution in [3.8, 4) is 0 Å². The molecule has 0 aliphatic heterocycles. The largest absolute Gasteiger partial charge is 0.368 e. The number of halogens is 1. The molecule has 132 valence electrons. The molecule has 3 atom stereocenters. The smallest absolute Gasteiger partial charge is 0.243 e. The molecule has 0 fully saturated rings. The second kappa shape index (κ2) is 9.00. The minimum Gasteiger partial charge on any atom is -0.368 e. The standard InChI is InChI=1S/C17H24FN3O3/c1-4-10(2)15(16(19)23)21-17(24)14(20-11(3)22)9-12-5-7-13(18)8-6-12/h5-8,10,14-15H,4,9H2,1-3H3,(H2,19,23)(H,20,22)(H,21,24)/t10-,14+,15-/m1/s1. The number of primary amides is 1. The number of hydrogen-bond acceptors (Lipinski definition) is 3. The van der Waals surface area contributed by atoms with Gasteiger partial charge in [0.05, 0.1) is 0 Å². The van der Waals surface area contributed by atoms with E-state index in [1.54, 1.807) is 0 Å². The van der Waals surface area contributed by atoms with E-state index in [9.17, 15) is 18.8 Å². The van der Waals surface area contributed by atoms with Crippen molar-refractivity contribution in [2.45, 2.75) is 45.7 Å². The molecule has 24 heavy (non-hydrogen) atoms. The Morgan fingerprint density at radius 2 is 1.75 bits per heavy atom. The van der Waals surface area contributed by atoms with Gasteiger partial charge in [0, 0.05) is 13.3 Å². The summed E-state index contributed by atoms with van der Waals surface area (Å²) < 4.78 is 13.0. The Bertz CT molecular complexity index is 589. The van der Waals surface area contributed by atoms with E-state index < -0.39 is 23.9 Å². The number of benzene rings is 1. The maximum absolute atomic E-state index is 13.0. The van der Waals surface area contributed by atoms with Crippen LogP contribution in [-0.2, 0) is 20.8 Å². The fourth-order valence-electron chi connectivity index (χ4n) is 2.29. The molecule has 0 saturated carbocycles. The zero-order chi connectivity index (χ0) is 18.3. The van der Waals surface area contributed by atoms with Crippen LogP contribution in [0.5, 0.6) is 0 Å². The van der Waals surface area contributed by atoms with E-state index in [0.717, 1.165) is 0 Å². The maximum atomic E-state index is 13.0. The molecule has 7 heteroatoms. The van der Waals surface area contributed by atoms with Gasteiger partial charge >= 0.3 is 0 Å². The molecule has 3 amide bonds. The van der Waals surface area contributed by atoms with Crippen LogP contribution in [0.2, 0.25) is 0 Å². The first-order chi connectivity index (χ1) is 11.2. The van der Waals surface area contributed by atoms with E-state index in [4.69, 9.17) is 5.73 Å². The predicted molar refractivity (Wildman–Crippen MR) is 88.3 cm³/mol. The Morgan fingerprint density at radius 3 is 2.21 bits per heavy atom. The van der Waals surface area contributed by atoms with E-state index >= 15 is 0 Å². The monoisotopic (exact) mass is 337 g/mol. The molecule has 0 saturated heterocycles. The maximum Gasteiger partial charge on any atom is 0.243 e. The first-order valence-electron chi connectivity index (χ1n) is 7.85. The van der Waals surface area contributed by atoms with Gasteiger partial charge in [0.15, 0.2) is 0 Å². The van der Waals surface area contributed by atoms with Crippen LogP contribution in [0.4, 0.5) is 4.39 Å². The number of carbonyl (C=O) groups is 3. The molecular weight excluding hydrogens is 313 g/mol. The molecule has 0 aliphatic rings. The number of nitrogens with two attached hydrogens (primary N) is 1. The predicted octanol–water partition coefficient (Wildman–Crippen LogP) is 0.889. The molecule has 1 aromatic rings. The molecule has 0 radical (unpaired) electrons. The van der Waals surface area contributed by atoms with Crippen molar-refractivity contribution in [1.82, 2.24) is 10.6 Å². The lowest BCUT2D eigenvalue weighted by molar-refractivity contribution is -0.131. The van der Waals surface area contributed by atoms with Gasteiger partial charge in [-0.25, -0.2) is 4.39 Å². The van der Waals surface area contributed by atoms with E-state index in [0.29, 0.717) is 12.0 Å². The number of nitrogens with one attached hydrogen (secondary N) is 2. The van der Waals surface area contributed by atoms with Crippen molar-refractivity contribution in [2.75, 3.05) is 0 Å². The van der Waals surface area contributed by atoms with E-state index in [-0.39, 0.29) is 24.1 Å². The summed E-state index contributed by atoms with van der Waals surface area (Å²) in [5.74, 6) is -2.02. The Hall–Kier alpha value is -2.44. The zero-order valence-corrected chi connectivity index (χ0v) is 14.1. The summed E-state index contributed by atoms with van der Waals surface area (Å²) in [6.07, 6.45) is 0.842. The Kier molecular flexibility index (Phi) is 7.35. The van der Waals surface area contributed by atoms with Gasteiger partial charge in [-0.2, -0.15) is 0 Å². The Morgan fingerprint density at radius 1 is 1.17 bits per heavy atom. The lowest BCUT2D eigenvalue weighted by Gasteiger charge is -2.25. The van der Waals surface area contributed by atoms with Crippen molar-refractivity contribution in [2.24, 2.45) is 11.7 Å². The van der Waals surface area contributed by atoms with Crippen molar-refractivity contribution < 1.29 is 18.8 Å². The summed E-state index contributed by atoms with van der Waals surface area (Å²) in [4.78, 5) is 35.4. The van der Waals surface area contributed by atoms with Gasteiger partial charge < -0.3 is 16.4 Å². The van der Waals surface area contributed by atoms with Gasteiger partial charge in [0.25, 0.3) is 0 Å². The molecule has 0 spiro atoms. The molecular formula is C17H24FN3O3. The summed E-state index contributed by atoms with van der Waals surface area (Å²) >= 11 is 0. The molecule has 1 rings (SSSR count). The number of rotatable bonds is 8. The third kappa shape index (κ3) is 5.98. The molecule has 0 bridgehead atoms. The topological polar surface area (TPSA) is 101 Å². The lowest BCUT2D eigenvalue weighted by atomic mass is 9.97. The van der Waals surface area contributed by atoms with Gasteiger partial charge in [0.1, 0.15) is 17.9 Å². The second-order valence-corrected chi connectivity index (χ2v) is 5.86. The van der Waals surface area contributed by atoms with Gasteiger partial charge in [-0.1, -0.05) is 32.4 Å². The lowest BCUT2D eigenvalue weighted by Crippen LogP contribution is -2.55. The van der Waals surface area contributed by atoms with Crippen molar-refractivity contribution in [3.05, 3.63) is 35.6 Å². The molecule has 4 N–H and O–H groups in total. The van der Waals surface area contributed by atoms with Crippen LogP contribution >= 0.6 is 0 Å². The SMILES string of the molecule is CC[C@@H](C)[C@@H](NC(=O)[C@H](Cc1ccc(F)cc1)NC(C)=O)C(N)=O. The summed E-state index contributed by atoms with van der Waals surface area (Å²) in [5.41, 5.74) is 6.03. The minimum atomic E-state index is -0.876. The van der Waals surface area contributed by atoms with Crippen LogP contribution in [0.1, 0.15) is 32.8 Å². The van der Waals surface area contributed by atoms with Crippen LogP contribution in [0.15, 0.2) is 24.3 Å². The highest BCUT2D eigenvalue weighted by Gasteiger charge is 2.28. The number of amides is 3. The highest BCUT2D eigenvalue weighted by atomic mass is 19.1. The van der Waals surface area contributed by atoms with E-state index in [1.165, 1.54) is 31.2 Å². The summed E-state index contributed by atoms with van der Waals surface area (Å²) in [6.45, 7) is 4.99. The quantitative estimate of drug-likeness (QED) is 0.656. The van der Waals surface area contributed by atoms with Crippen LogP contribution in [0.25, 0.3) is 0 Å². The highest BCUT2D eigenvalue weighted by Crippen LogP contribution is 2.10. The van der Waals surface area contributed by atoms with Crippen molar-refractivity contribution >= 4 is 17.7 Å². The molecule has 6 nitrogen and oxygen atoms in total. The van der Waals surface area contributed by atoms with E-state index in [1.807, 2.05) is 13.8 Å². The third-order valence-corrected chi connectivity index (χ3v) is 3.86. The minimum absolute atomic E-state index is 0.129. The fraction of sp³-hybridized carbons (Fsp3) is 0.471. The van der Waals surface area contributed by atoms with Crippen LogP contribution in [0.3, 0.4) is 0 Å². The van der Waals surface area contributed by atoms with E-state index in [2.05, 4.69) is 10.6 Å². The highest BCUT2D eigenvalue weighted by molar-refractivity contribution is 5.91. The van der Waals surface area contributed by atoms with Gasteiger partial charge in [-0.15, -0.1) is 0 Å². The van der Waals surface area contributed by atoms with Gasteiger partial charge in [-0.05, 0) is 23.6 Å². The van der Waals surface area contributed by atoms with Crippen LogP contribution in [-0.4, -0.2) is 29.8 Å². The van der Waals surface area contributed by atoms with Crippen LogP contribution < -0.4 is 16.4 Å². The molecule has 0 heterocycles. The second-order valence-electron chi connectivity index (χ2n) is 5.86.